The zero-order chi connectivity index (χ0) is 15.2. The van der Waals surface area contributed by atoms with Gasteiger partial charge in [-0.05, 0) is 30.7 Å². The molecule has 0 spiro atoms. The van der Waals surface area contributed by atoms with Crippen LogP contribution in [0.2, 0.25) is 0 Å². The van der Waals surface area contributed by atoms with Crippen LogP contribution in [0.5, 0.6) is 0 Å². The second-order valence-electron chi connectivity index (χ2n) is 5.68. The normalized spacial score (nSPS) is 22.0. The molecule has 1 fully saturated rings. The highest BCUT2D eigenvalue weighted by atomic mass is 19.2. The Labute approximate surface area is 123 Å². The molecule has 21 heavy (non-hydrogen) atoms. The van der Waals surface area contributed by atoms with E-state index in [1.807, 2.05) is 0 Å². The van der Waals surface area contributed by atoms with E-state index in [0.29, 0.717) is 6.54 Å². The summed E-state index contributed by atoms with van der Waals surface area (Å²) in [4.78, 5) is 11.9. The molecule has 2 N–H and O–H groups in total. The zero-order valence-corrected chi connectivity index (χ0v) is 11.9. The summed E-state index contributed by atoms with van der Waals surface area (Å²) in [5.41, 5.74) is 0.0647. The van der Waals surface area contributed by atoms with Crippen molar-refractivity contribution in [3.63, 3.8) is 0 Å². The molecule has 1 aliphatic carbocycles. The molecule has 1 saturated carbocycles. The van der Waals surface area contributed by atoms with E-state index in [-0.39, 0.29) is 36.3 Å². The highest BCUT2D eigenvalue weighted by Gasteiger charge is 2.24. The molecule has 2 atom stereocenters. The van der Waals surface area contributed by atoms with Crippen LogP contribution in [0.4, 0.5) is 8.78 Å². The van der Waals surface area contributed by atoms with Crippen LogP contribution >= 0.6 is 0 Å². The van der Waals surface area contributed by atoms with Crippen molar-refractivity contribution in [2.24, 2.45) is 11.8 Å². The van der Waals surface area contributed by atoms with Crippen molar-refractivity contribution in [3.05, 3.63) is 35.4 Å². The van der Waals surface area contributed by atoms with Crippen molar-refractivity contribution in [1.82, 2.24) is 5.32 Å². The molecule has 1 aromatic rings. The SMILES string of the molecule is O=C(Cc1cccc(F)c1F)NCC1CCCCC1CO. The molecular formula is C16H21F2NO2. The molecule has 1 aliphatic rings. The lowest BCUT2D eigenvalue weighted by atomic mass is 9.79. The van der Waals surface area contributed by atoms with E-state index in [9.17, 15) is 18.7 Å². The molecule has 1 aromatic carbocycles. The maximum Gasteiger partial charge on any atom is 0.224 e. The number of benzene rings is 1. The molecule has 0 aromatic heterocycles. The van der Waals surface area contributed by atoms with E-state index >= 15 is 0 Å². The van der Waals surface area contributed by atoms with Gasteiger partial charge in [-0.1, -0.05) is 25.0 Å². The third kappa shape index (κ3) is 4.24. The van der Waals surface area contributed by atoms with Gasteiger partial charge in [-0.15, -0.1) is 0 Å². The van der Waals surface area contributed by atoms with E-state index in [0.717, 1.165) is 31.7 Å². The van der Waals surface area contributed by atoms with Gasteiger partial charge >= 0.3 is 0 Å². The quantitative estimate of drug-likeness (QED) is 0.877. The molecule has 2 unspecified atom stereocenters. The predicted octanol–water partition coefficient (Wildman–Crippen LogP) is 2.42. The minimum absolute atomic E-state index is 0.0647. The Morgan fingerprint density at radius 1 is 1.24 bits per heavy atom. The summed E-state index contributed by atoms with van der Waals surface area (Å²) < 4.78 is 26.6. The predicted molar refractivity (Wildman–Crippen MR) is 75.6 cm³/mol. The third-order valence-corrected chi connectivity index (χ3v) is 4.25. The molecule has 0 heterocycles. The number of aliphatic hydroxyl groups is 1. The minimum Gasteiger partial charge on any atom is -0.396 e. The molecular weight excluding hydrogens is 276 g/mol. The number of halogens is 2. The van der Waals surface area contributed by atoms with E-state index in [4.69, 9.17) is 0 Å². The molecule has 2 rings (SSSR count). The topological polar surface area (TPSA) is 49.3 Å². The molecule has 1 amide bonds. The van der Waals surface area contributed by atoms with Gasteiger partial charge in [0.1, 0.15) is 0 Å². The molecule has 0 bridgehead atoms. The summed E-state index contributed by atoms with van der Waals surface area (Å²) in [5, 5.41) is 12.1. The molecule has 0 radical (unpaired) electrons. The molecule has 116 valence electrons. The first kappa shape index (κ1) is 15.9. The van der Waals surface area contributed by atoms with Gasteiger partial charge in [0.05, 0.1) is 6.42 Å². The number of carbonyl (C=O) groups is 1. The number of hydrogen-bond donors (Lipinski definition) is 2. The first-order valence-corrected chi connectivity index (χ1v) is 7.42. The average Bonchev–Trinajstić information content (AvgIpc) is 2.50. The molecule has 0 saturated heterocycles. The fraction of sp³-hybridized carbons (Fsp3) is 0.562. The largest absolute Gasteiger partial charge is 0.396 e. The molecule has 0 aliphatic heterocycles. The highest BCUT2D eigenvalue weighted by Crippen LogP contribution is 2.29. The van der Waals surface area contributed by atoms with Crippen LogP contribution in [0.15, 0.2) is 18.2 Å². The maximum atomic E-state index is 13.5. The van der Waals surface area contributed by atoms with E-state index in [2.05, 4.69) is 5.32 Å². The first-order chi connectivity index (χ1) is 10.1. The summed E-state index contributed by atoms with van der Waals surface area (Å²) in [7, 11) is 0. The van der Waals surface area contributed by atoms with Gasteiger partial charge < -0.3 is 10.4 Å². The molecule has 3 nitrogen and oxygen atoms in total. The zero-order valence-electron chi connectivity index (χ0n) is 11.9. The number of rotatable bonds is 5. The lowest BCUT2D eigenvalue weighted by Crippen LogP contribution is -2.36. The van der Waals surface area contributed by atoms with Crippen molar-refractivity contribution in [2.45, 2.75) is 32.1 Å². The monoisotopic (exact) mass is 297 g/mol. The average molecular weight is 297 g/mol. The van der Waals surface area contributed by atoms with Gasteiger partial charge in [0, 0.05) is 18.7 Å². The number of aliphatic hydroxyl groups excluding tert-OH is 1. The van der Waals surface area contributed by atoms with Crippen LogP contribution in [-0.4, -0.2) is 24.2 Å². The van der Waals surface area contributed by atoms with Crippen molar-refractivity contribution in [1.29, 1.82) is 0 Å². The fourth-order valence-corrected chi connectivity index (χ4v) is 2.96. The van der Waals surface area contributed by atoms with E-state index < -0.39 is 11.6 Å². The Hall–Kier alpha value is -1.49. The Kier molecular flexibility index (Phi) is 5.67. The standard InChI is InChI=1S/C16H21F2NO2/c17-14-7-3-6-11(16(14)18)8-15(21)19-9-12-4-1-2-5-13(12)10-20/h3,6-7,12-13,20H,1-2,4-5,8-10H2,(H,19,21). The number of amides is 1. The van der Waals surface area contributed by atoms with Gasteiger partial charge in [-0.3, -0.25) is 4.79 Å². The van der Waals surface area contributed by atoms with Gasteiger partial charge in [0.15, 0.2) is 11.6 Å². The van der Waals surface area contributed by atoms with Crippen molar-refractivity contribution in [2.75, 3.05) is 13.2 Å². The van der Waals surface area contributed by atoms with Crippen molar-refractivity contribution >= 4 is 5.91 Å². The number of carbonyl (C=O) groups excluding carboxylic acids is 1. The van der Waals surface area contributed by atoms with Crippen LogP contribution in [0.25, 0.3) is 0 Å². The summed E-state index contributed by atoms with van der Waals surface area (Å²) >= 11 is 0. The van der Waals surface area contributed by atoms with Crippen LogP contribution in [-0.2, 0) is 11.2 Å². The van der Waals surface area contributed by atoms with Crippen LogP contribution in [0.1, 0.15) is 31.2 Å². The third-order valence-electron chi connectivity index (χ3n) is 4.25. The smallest absolute Gasteiger partial charge is 0.224 e. The summed E-state index contributed by atoms with van der Waals surface area (Å²) in [6.45, 7) is 0.625. The van der Waals surface area contributed by atoms with Crippen molar-refractivity contribution in [3.8, 4) is 0 Å². The summed E-state index contributed by atoms with van der Waals surface area (Å²) in [6.07, 6.45) is 4.02. The lowest BCUT2D eigenvalue weighted by molar-refractivity contribution is -0.120. The van der Waals surface area contributed by atoms with E-state index in [1.54, 1.807) is 0 Å². The minimum atomic E-state index is -0.960. The Morgan fingerprint density at radius 3 is 2.67 bits per heavy atom. The Balaban J connectivity index is 1.85. The van der Waals surface area contributed by atoms with Gasteiger partial charge in [-0.25, -0.2) is 8.78 Å². The first-order valence-electron chi connectivity index (χ1n) is 7.42. The van der Waals surface area contributed by atoms with Gasteiger partial charge in [0.25, 0.3) is 0 Å². The molecule has 5 heteroatoms. The maximum absolute atomic E-state index is 13.5. The van der Waals surface area contributed by atoms with Gasteiger partial charge in [-0.2, -0.15) is 0 Å². The van der Waals surface area contributed by atoms with Crippen LogP contribution < -0.4 is 5.32 Å². The second kappa shape index (κ2) is 7.50. The Morgan fingerprint density at radius 2 is 1.95 bits per heavy atom. The lowest BCUT2D eigenvalue weighted by Gasteiger charge is -2.30. The Bertz CT molecular complexity index is 493. The summed E-state index contributed by atoms with van der Waals surface area (Å²) in [6, 6.07) is 3.84. The van der Waals surface area contributed by atoms with Crippen LogP contribution in [0, 0.1) is 23.5 Å². The fourth-order valence-electron chi connectivity index (χ4n) is 2.96. The van der Waals surface area contributed by atoms with Crippen molar-refractivity contribution < 1.29 is 18.7 Å². The second-order valence-corrected chi connectivity index (χ2v) is 5.68. The summed E-state index contributed by atoms with van der Waals surface area (Å²) in [5.74, 6) is -1.72. The van der Waals surface area contributed by atoms with Crippen LogP contribution in [0.3, 0.4) is 0 Å². The van der Waals surface area contributed by atoms with Gasteiger partial charge in [0.2, 0.25) is 5.91 Å². The van der Waals surface area contributed by atoms with E-state index in [1.165, 1.54) is 12.1 Å². The number of hydrogen-bond acceptors (Lipinski definition) is 2. The highest BCUT2D eigenvalue weighted by molar-refractivity contribution is 5.78. The number of nitrogens with one attached hydrogen (secondary N) is 1.